The summed E-state index contributed by atoms with van der Waals surface area (Å²) in [6.45, 7) is 3.88. The fraction of sp³-hybridized carbons (Fsp3) is 0.273. The molecule has 7 heteroatoms. The third-order valence-electron chi connectivity index (χ3n) is 2.26. The van der Waals surface area contributed by atoms with E-state index in [1.165, 1.54) is 18.7 Å². The van der Waals surface area contributed by atoms with Crippen LogP contribution in [0.1, 0.15) is 36.1 Å². The van der Waals surface area contributed by atoms with E-state index >= 15 is 0 Å². The van der Waals surface area contributed by atoms with E-state index in [1.54, 1.807) is 0 Å². The summed E-state index contributed by atoms with van der Waals surface area (Å²) < 4.78 is 4.61. The maximum atomic E-state index is 12.0. The second kappa shape index (κ2) is 4.82. The zero-order valence-corrected chi connectivity index (χ0v) is 10.0. The molecule has 7 nitrogen and oxygen atoms in total. The molecule has 18 heavy (non-hydrogen) atoms. The molecular weight excluding hydrogens is 234 g/mol. The number of hydrogen-bond donors (Lipinski definition) is 2. The Kier molecular flexibility index (Phi) is 3.22. The standard InChI is InChI=1S/C11H13N5O2/c1-6(2)10-13-4-8(12)9(16-10)11(17)15-7-3-14-18-5-7/h3-6H,12H2,1-2H3,(H,15,17). The maximum Gasteiger partial charge on any atom is 0.276 e. The van der Waals surface area contributed by atoms with Crippen LogP contribution in [0.2, 0.25) is 0 Å². The van der Waals surface area contributed by atoms with Gasteiger partial charge in [-0.3, -0.25) is 4.79 Å². The van der Waals surface area contributed by atoms with Gasteiger partial charge in [0.05, 0.1) is 18.1 Å². The average molecular weight is 247 g/mol. The summed E-state index contributed by atoms with van der Waals surface area (Å²) >= 11 is 0. The van der Waals surface area contributed by atoms with Crippen LogP contribution in [0.5, 0.6) is 0 Å². The van der Waals surface area contributed by atoms with Crippen molar-refractivity contribution >= 4 is 17.3 Å². The smallest absolute Gasteiger partial charge is 0.276 e. The van der Waals surface area contributed by atoms with Gasteiger partial charge in [-0.25, -0.2) is 9.97 Å². The van der Waals surface area contributed by atoms with Crippen molar-refractivity contribution < 1.29 is 9.32 Å². The Hall–Kier alpha value is -2.44. The zero-order chi connectivity index (χ0) is 13.1. The van der Waals surface area contributed by atoms with Crippen molar-refractivity contribution in [1.82, 2.24) is 15.1 Å². The highest BCUT2D eigenvalue weighted by molar-refractivity contribution is 6.05. The number of carbonyl (C=O) groups excluding carboxylic acids is 1. The van der Waals surface area contributed by atoms with Crippen molar-refractivity contribution in [3.63, 3.8) is 0 Å². The molecule has 2 heterocycles. The van der Waals surface area contributed by atoms with Crippen LogP contribution in [-0.2, 0) is 0 Å². The Bertz CT molecular complexity index is 551. The first kappa shape index (κ1) is 12.0. The van der Waals surface area contributed by atoms with Crippen molar-refractivity contribution in [2.24, 2.45) is 0 Å². The van der Waals surface area contributed by atoms with Gasteiger partial charge in [0, 0.05) is 5.92 Å². The summed E-state index contributed by atoms with van der Waals surface area (Å²) in [5.41, 5.74) is 6.52. The lowest BCUT2D eigenvalue weighted by molar-refractivity contribution is 0.102. The van der Waals surface area contributed by atoms with E-state index in [-0.39, 0.29) is 17.3 Å². The lowest BCUT2D eigenvalue weighted by Crippen LogP contribution is -2.17. The molecule has 2 aromatic heterocycles. The first-order chi connectivity index (χ1) is 8.58. The highest BCUT2D eigenvalue weighted by Gasteiger charge is 2.15. The van der Waals surface area contributed by atoms with Gasteiger partial charge in [-0.2, -0.15) is 0 Å². The number of nitrogens with two attached hydrogens (primary N) is 1. The number of nitrogens with zero attached hydrogens (tertiary/aromatic N) is 3. The first-order valence-corrected chi connectivity index (χ1v) is 5.41. The Labute approximate surface area is 103 Å². The van der Waals surface area contributed by atoms with Crippen LogP contribution >= 0.6 is 0 Å². The molecule has 1 amide bonds. The Morgan fingerprint density at radius 1 is 1.44 bits per heavy atom. The van der Waals surface area contributed by atoms with E-state index in [1.807, 2.05) is 13.8 Å². The Balaban J connectivity index is 2.26. The Morgan fingerprint density at radius 3 is 2.83 bits per heavy atom. The summed E-state index contributed by atoms with van der Waals surface area (Å²) in [5.74, 6) is 0.271. The molecule has 0 bridgehead atoms. The molecule has 0 aromatic carbocycles. The number of hydrogen-bond acceptors (Lipinski definition) is 6. The molecule has 0 atom stereocenters. The molecule has 2 rings (SSSR count). The zero-order valence-electron chi connectivity index (χ0n) is 10.0. The fourth-order valence-corrected chi connectivity index (χ4v) is 1.32. The van der Waals surface area contributed by atoms with Crippen molar-refractivity contribution in [2.45, 2.75) is 19.8 Å². The van der Waals surface area contributed by atoms with Crippen LogP contribution in [0.15, 0.2) is 23.2 Å². The number of nitrogens with one attached hydrogen (secondary N) is 1. The highest BCUT2D eigenvalue weighted by atomic mass is 16.5. The summed E-state index contributed by atoms with van der Waals surface area (Å²) in [5, 5.41) is 6.06. The highest BCUT2D eigenvalue weighted by Crippen LogP contribution is 2.15. The largest absolute Gasteiger partial charge is 0.396 e. The van der Waals surface area contributed by atoms with E-state index in [9.17, 15) is 4.79 Å². The van der Waals surface area contributed by atoms with Crippen LogP contribution in [0.4, 0.5) is 11.4 Å². The second-order valence-corrected chi connectivity index (χ2v) is 4.05. The van der Waals surface area contributed by atoms with Crippen LogP contribution in [0.25, 0.3) is 0 Å². The van der Waals surface area contributed by atoms with Gasteiger partial charge in [0.2, 0.25) is 0 Å². The molecule has 0 unspecified atom stereocenters. The van der Waals surface area contributed by atoms with Gasteiger partial charge in [-0.05, 0) is 0 Å². The predicted molar refractivity (Wildman–Crippen MR) is 65.0 cm³/mol. The number of nitrogen functional groups attached to an aromatic ring is 1. The molecule has 0 aliphatic carbocycles. The van der Waals surface area contributed by atoms with Crippen molar-refractivity contribution in [1.29, 1.82) is 0 Å². The monoisotopic (exact) mass is 247 g/mol. The van der Waals surface area contributed by atoms with E-state index in [0.717, 1.165) is 0 Å². The minimum absolute atomic E-state index is 0.118. The van der Waals surface area contributed by atoms with Gasteiger partial charge < -0.3 is 15.6 Å². The minimum Gasteiger partial charge on any atom is -0.396 e. The van der Waals surface area contributed by atoms with Crippen LogP contribution in [-0.4, -0.2) is 21.0 Å². The summed E-state index contributed by atoms with van der Waals surface area (Å²) in [6.07, 6.45) is 4.14. The lowest BCUT2D eigenvalue weighted by Gasteiger charge is -2.08. The second-order valence-electron chi connectivity index (χ2n) is 4.05. The predicted octanol–water partition coefficient (Wildman–Crippen LogP) is 1.42. The minimum atomic E-state index is -0.417. The maximum absolute atomic E-state index is 12.0. The third-order valence-corrected chi connectivity index (χ3v) is 2.26. The van der Waals surface area contributed by atoms with Crippen LogP contribution in [0, 0.1) is 0 Å². The first-order valence-electron chi connectivity index (χ1n) is 5.41. The van der Waals surface area contributed by atoms with Crippen LogP contribution in [0.3, 0.4) is 0 Å². The quantitative estimate of drug-likeness (QED) is 0.849. The molecule has 94 valence electrons. The van der Waals surface area contributed by atoms with Crippen molar-refractivity contribution in [3.8, 4) is 0 Å². The average Bonchev–Trinajstić information content (AvgIpc) is 2.81. The number of amides is 1. The molecule has 0 fully saturated rings. The number of anilines is 2. The lowest BCUT2D eigenvalue weighted by atomic mass is 10.2. The van der Waals surface area contributed by atoms with Gasteiger partial charge in [0.25, 0.3) is 5.91 Å². The van der Waals surface area contributed by atoms with Crippen molar-refractivity contribution in [3.05, 3.63) is 30.2 Å². The molecule has 3 N–H and O–H groups in total. The molecule has 0 spiro atoms. The van der Waals surface area contributed by atoms with E-state index in [0.29, 0.717) is 11.5 Å². The van der Waals surface area contributed by atoms with Gasteiger partial charge >= 0.3 is 0 Å². The third kappa shape index (κ3) is 2.45. The van der Waals surface area contributed by atoms with E-state index in [2.05, 4.69) is 25.0 Å². The fourth-order valence-electron chi connectivity index (χ4n) is 1.32. The van der Waals surface area contributed by atoms with Crippen molar-refractivity contribution in [2.75, 3.05) is 11.1 Å². The number of carbonyl (C=O) groups is 1. The molecule has 0 radical (unpaired) electrons. The molecule has 0 aliphatic heterocycles. The molecule has 2 aromatic rings. The van der Waals surface area contributed by atoms with Gasteiger partial charge in [0.1, 0.15) is 17.8 Å². The molecular formula is C11H13N5O2. The number of aromatic nitrogens is 3. The summed E-state index contributed by atoms with van der Waals surface area (Å²) in [4.78, 5) is 20.2. The molecule has 0 saturated heterocycles. The van der Waals surface area contributed by atoms with E-state index < -0.39 is 5.91 Å². The Morgan fingerprint density at radius 2 is 2.22 bits per heavy atom. The van der Waals surface area contributed by atoms with E-state index in [4.69, 9.17) is 5.73 Å². The normalized spacial score (nSPS) is 10.6. The SMILES string of the molecule is CC(C)c1ncc(N)c(C(=O)Nc2cnoc2)n1. The number of rotatable bonds is 3. The van der Waals surface area contributed by atoms with Gasteiger partial charge in [-0.15, -0.1) is 0 Å². The molecule has 0 aliphatic rings. The summed E-state index contributed by atoms with van der Waals surface area (Å²) in [7, 11) is 0. The summed E-state index contributed by atoms with van der Waals surface area (Å²) in [6, 6.07) is 0. The van der Waals surface area contributed by atoms with Crippen LogP contribution < -0.4 is 11.1 Å². The topological polar surface area (TPSA) is 107 Å². The van der Waals surface area contributed by atoms with Gasteiger partial charge in [0.15, 0.2) is 5.69 Å². The van der Waals surface area contributed by atoms with Gasteiger partial charge in [-0.1, -0.05) is 19.0 Å². The molecule has 0 saturated carbocycles.